The Morgan fingerprint density at radius 2 is 0.806 bits per heavy atom. The molecular formula is C15H26N3NaO12. The molecule has 0 aliphatic heterocycles. The maximum atomic E-state index is 9.99. The molecule has 15 nitrogen and oxygen atoms in total. The van der Waals surface area contributed by atoms with Crippen LogP contribution in [0, 0.1) is 0 Å². The fourth-order valence-electron chi connectivity index (χ4n) is 1.20. The Morgan fingerprint density at radius 3 is 0.968 bits per heavy atom. The molecule has 0 bridgehead atoms. The van der Waals surface area contributed by atoms with Crippen molar-refractivity contribution in [1.29, 1.82) is 0 Å². The maximum Gasteiger partial charge on any atom is 1.00 e. The predicted molar refractivity (Wildman–Crippen MR) is 94.8 cm³/mol. The summed E-state index contributed by atoms with van der Waals surface area (Å²) in [6.07, 6.45) is -0.775. The van der Waals surface area contributed by atoms with Crippen LogP contribution in [-0.2, 0) is 28.8 Å². The number of hydrogen-bond acceptors (Lipinski definition) is 10. The van der Waals surface area contributed by atoms with Gasteiger partial charge in [0.15, 0.2) is 0 Å². The van der Waals surface area contributed by atoms with Crippen LogP contribution < -0.4 is 51.9 Å². The Hall–Kier alpha value is -2.30. The van der Waals surface area contributed by atoms with E-state index >= 15 is 0 Å². The van der Waals surface area contributed by atoms with Gasteiger partial charge in [-0.2, -0.15) is 0 Å². The van der Waals surface area contributed by atoms with Crippen molar-refractivity contribution in [3.05, 3.63) is 0 Å². The van der Waals surface area contributed by atoms with Crippen LogP contribution >= 0.6 is 0 Å². The molecule has 0 radical (unpaired) electrons. The Balaban J connectivity index is -0.000000174. The predicted octanol–water partition coefficient (Wildman–Crippen LogP) is -6.54. The second-order valence-corrected chi connectivity index (χ2v) is 5.61. The third-order valence-electron chi connectivity index (χ3n) is 2.94. The molecule has 0 spiro atoms. The first-order chi connectivity index (χ1) is 13.6. The molecule has 0 saturated carbocycles. The second-order valence-electron chi connectivity index (χ2n) is 5.61. The molecule has 0 rings (SSSR count). The summed E-state index contributed by atoms with van der Waals surface area (Å²) in [6, 6.07) is -3.29. The van der Waals surface area contributed by atoms with E-state index in [0.717, 1.165) is 0 Å². The summed E-state index contributed by atoms with van der Waals surface area (Å²) >= 11 is 0. The summed E-state index contributed by atoms with van der Waals surface area (Å²) in [4.78, 5) is 59.5. The number of nitrogens with two attached hydrogens (primary N) is 3. The van der Waals surface area contributed by atoms with E-state index < -0.39 is 53.9 Å². The van der Waals surface area contributed by atoms with Crippen molar-refractivity contribution < 1.29 is 89.0 Å². The Bertz CT molecular complexity index is 521. The largest absolute Gasteiger partial charge is 1.00 e. The molecule has 0 aromatic heterocycles. The van der Waals surface area contributed by atoms with Gasteiger partial charge in [-0.1, -0.05) is 0 Å². The molecule has 174 valence electrons. The zero-order valence-corrected chi connectivity index (χ0v) is 18.8. The fraction of sp³-hybridized carbons (Fsp3) is 0.600. The molecule has 0 aliphatic rings. The van der Waals surface area contributed by atoms with Crippen molar-refractivity contribution in [2.75, 3.05) is 0 Å². The second kappa shape index (κ2) is 21.0. The van der Waals surface area contributed by atoms with Gasteiger partial charge in [-0.25, -0.2) is 0 Å². The van der Waals surface area contributed by atoms with E-state index in [2.05, 4.69) is 0 Å². The Labute approximate surface area is 198 Å². The topological polar surface area (TPSA) is 305 Å². The molecule has 0 fully saturated rings. The molecule has 31 heavy (non-hydrogen) atoms. The SMILES string of the molecule is NC(CCC(=O)O)C(=O)O.NC(CCC(=O)O)C(=O)O.NC(CCC(=O)O)C(=O)[O-].[Na+]. The van der Waals surface area contributed by atoms with Gasteiger partial charge < -0.3 is 52.6 Å². The van der Waals surface area contributed by atoms with E-state index in [9.17, 15) is 33.9 Å². The van der Waals surface area contributed by atoms with Crippen molar-refractivity contribution in [2.45, 2.75) is 56.7 Å². The van der Waals surface area contributed by atoms with Gasteiger partial charge in [0, 0.05) is 25.3 Å². The molecule has 0 aliphatic carbocycles. The Morgan fingerprint density at radius 1 is 0.581 bits per heavy atom. The van der Waals surface area contributed by atoms with E-state index in [1.54, 1.807) is 0 Å². The van der Waals surface area contributed by atoms with Crippen LogP contribution in [0.1, 0.15) is 38.5 Å². The Kier molecular flexibility index (Phi) is 24.4. The standard InChI is InChI=1S/3C5H9NO4.Na/c3*6-3(5(9)10)1-2-4(7)8;/h3*3H,1-2,6H2,(H,7,8)(H,9,10);/q;;;+1/p-1. The van der Waals surface area contributed by atoms with E-state index in [-0.39, 0.29) is 68.1 Å². The van der Waals surface area contributed by atoms with E-state index in [1.807, 2.05) is 0 Å². The zero-order chi connectivity index (χ0) is 24.4. The van der Waals surface area contributed by atoms with E-state index in [0.29, 0.717) is 0 Å². The normalized spacial score (nSPS) is 12.1. The average Bonchev–Trinajstić information content (AvgIpc) is 2.62. The van der Waals surface area contributed by atoms with Crippen LogP contribution in [-0.4, -0.2) is 79.5 Å². The number of hydrogen-bond donors (Lipinski definition) is 8. The molecule has 0 aromatic carbocycles. The molecule has 0 aromatic rings. The van der Waals surface area contributed by atoms with Crippen LogP contribution in [0.3, 0.4) is 0 Å². The summed E-state index contributed by atoms with van der Waals surface area (Å²) < 4.78 is 0. The van der Waals surface area contributed by atoms with Crippen LogP contribution in [0.5, 0.6) is 0 Å². The van der Waals surface area contributed by atoms with Gasteiger partial charge in [0.05, 0.1) is 5.97 Å². The quantitative estimate of drug-likeness (QED) is 0.125. The van der Waals surface area contributed by atoms with Gasteiger partial charge in [-0.15, -0.1) is 0 Å². The summed E-state index contributed by atoms with van der Waals surface area (Å²) in [5, 5.41) is 50.5. The fourth-order valence-corrected chi connectivity index (χ4v) is 1.20. The molecule has 3 atom stereocenters. The first-order valence-electron chi connectivity index (χ1n) is 8.20. The minimum absolute atomic E-state index is 0. The molecule has 0 saturated heterocycles. The number of aliphatic carboxylic acids is 6. The molecule has 11 N–H and O–H groups in total. The van der Waals surface area contributed by atoms with Crippen molar-refractivity contribution in [1.82, 2.24) is 0 Å². The van der Waals surface area contributed by atoms with Gasteiger partial charge in [-0.3, -0.25) is 24.0 Å². The average molecular weight is 463 g/mol. The summed E-state index contributed by atoms with van der Waals surface area (Å²) in [5.41, 5.74) is 14.9. The third kappa shape index (κ3) is 30.0. The third-order valence-corrected chi connectivity index (χ3v) is 2.94. The number of carboxylic acids is 6. The molecule has 16 heteroatoms. The number of carbonyl (C=O) groups excluding carboxylic acids is 1. The van der Waals surface area contributed by atoms with E-state index in [4.69, 9.17) is 42.7 Å². The summed E-state index contributed by atoms with van der Waals surface area (Å²) in [6.45, 7) is 0. The van der Waals surface area contributed by atoms with Gasteiger partial charge in [0.1, 0.15) is 12.1 Å². The molecule has 3 unspecified atom stereocenters. The van der Waals surface area contributed by atoms with Gasteiger partial charge >= 0.3 is 59.4 Å². The molecular weight excluding hydrogens is 437 g/mol. The first-order valence-corrected chi connectivity index (χ1v) is 8.20. The van der Waals surface area contributed by atoms with Crippen molar-refractivity contribution >= 4 is 35.8 Å². The summed E-state index contributed by atoms with van der Waals surface area (Å²) in [7, 11) is 0. The van der Waals surface area contributed by atoms with Crippen LogP contribution in [0.15, 0.2) is 0 Å². The van der Waals surface area contributed by atoms with Gasteiger partial charge in [0.25, 0.3) is 0 Å². The monoisotopic (exact) mass is 463 g/mol. The minimum Gasteiger partial charge on any atom is -0.548 e. The zero-order valence-electron chi connectivity index (χ0n) is 16.8. The minimum atomic E-state index is -1.42. The number of carboxylic acid groups (broad SMARTS) is 6. The summed E-state index contributed by atoms with van der Waals surface area (Å²) in [5.74, 6) is -6.87. The van der Waals surface area contributed by atoms with Crippen molar-refractivity contribution in [2.24, 2.45) is 17.2 Å². The van der Waals surface area contributed by atoms with Crippen LogP contribution in [0.2, 0.25) is 0 Å². The van der Waals surface area contributed by atoms with E-state index in [1.165, 1.54) is 0 Å². The number of rotatable bonds is 12. The number of carbonyl (C=O) groups is 6. The smallest absolute Gasteiger partial charge is 0.548 e. The van der Waals surface area contributed by atoms with Gasteiger partial charge in [0.2, 0.25) is 0 Å². The first kappa shape index (κ1) is 36.1. The van der Waals surface area contributed by atoms with Crippen LogP contribution in [0.25, 0.3) is 0 Å². The van der Waals surface area contributed by atoms with Crippen molar-refractivity contribution in [3.8, 4) is 0 Å². The maximum absolute atomic E-state index is 9.99. The van der Waals surface area contributed by atoms with Crippen molar-refractivity contribution in [3.63, 3.8) is 0 Å². The van der Waals surface area contributed by atoms with Crippen LogP contribution in [0.4, 0.5) is 0 Å². The van der Waals surface area contributed by atoms with Gasteiger partial charge in [-0.05, 0) is 19.3 Å². The molecule has 0 heterocycles. The molecule has 0 amide bonds.